The van der Waals surface area contributed by atoms with Crippen molar-refractivity contribution in [2.75, 3.05) is 11.9 Å². The Balaban J connectivity index is 1.74. The lowest BCUT2D eigenvalue weighted by molar-refractivity contribution is -0.115. The van der Waals surface area contributed by atoms with Crippen LogP contribution < -0.4 is 10.6 Å². The molecule has 0 aromatic heterocycles. The van der Waals surface area contributed by atoms with Crippen LogP contribution in [0, 0.1) is 6.92 Å². The van der Waals surface area contributed by atoms with E-state index in [1.54, 1.807) is 18.2 Å². The van der Waals surface area contributed by atoms with Crippen molar-refractivity contribution in [1.82, 2.24) is 5.32 Å². The molecule has 0 fully saturated rings. The van der Waals surface area contributed by atoms with Crippen LogP contribution in [0.1, 0.15) is 11.1 Å². The molecule has 0 aliphatic carbocycles. The molecular weight excluding hydrogens is 316 g/mol. The fourth-order valence-corrected chi connectivity index (χ4v) is 2.11. The van der Waals surface area contributed by atoms with Crippen LogP contribution >= 0.6 is 11.6 Å². The highest BCUT2D eigenvalue weighted by molar-refractivity contribution is 6.30. The molecule has 2 amide bonds. The highest BCUT2D eigenvalue weighted by atomic mass is 35.5. The Bertz CT molecular complexity index is 689. The number of halogens is 1. The number of hydrogen-bond acceptors (Lipinski definition) is 3. The van der Waals surface area contributed by atoms with Gasteiger partial charge in [0.05, 0.1) is 0 Å². The van der Waals surface area contributed by atoms with Crippen LogP contribution in [0.15, 0.2) is 48.5 Å². The molecule has 0 aliphatic rings. The first-order valence-electron chi connectivity index (χ1n) is 7.05. The molecule has 2 aromatic carbocycles. The van der Waals surface area contributed by atoms with E-state index in [4.69, 9.17) is 16.3 Å². The van der Waals surface area contributed by atoms with E-state index in [1.165, 1.54) is 0 Å². The topological polar surface area (TPSA) is 67.4 Å². The predicted octanol–water partition coefficient (Wildman–Crippen LogP) is 3.51. The first-order valence-corrected chi connectivity index (χ1v) is 7.43. The highest BCUT2D eigenvalue weighted by Gasteiger charge is 2.08. The molecule has 0 saturated carbocycles. The van der Waals surface area contributed by atoms with Gasteiger partial charge in [-0.3, -0.25) is 4.79 Å². The Morgan fingerprint density at radius 2 is 1.87 bits per heavy atom. The van der Waals surface area contributed by atoms with Gasteiger partial charge in [0.2, 0.25) is 5.91 Å². The zero-order chi connectivity index (χ0) is 16.7. The van der Waals surface area contributed by atoms with Crippen molar-refractivity contribution in [2.45, 2.75) is 13.5 Å². The monoisotopic (exact) mass is 332 g/mol. The van der Waals surface area contributed by atoms with Gasteiger partial charge in [-0.15, -0.1) is 0 Å². The molecule has 0 radical (unpaired) electrons. The van der Waals surface area contributed by atoms with Gasteiger partial charge in [-0.2, -0.15) is 0 Å². The van der Waals surface area contributed by atoms with E-state index in [2.05, 4.69) is 10.6 Å². The van der Waals surface area contributed by atoms with Gasteiger partial charge in [0, 0.05) is 10.7 Å². The lowest BCUT2D eigenvalue weighted by atomic mass is 10.2. The van der Waals surface area contributed by atoms with Crippen LogP contribution in [0.4, 0.5) is 10.5 Å². The molecule has 0 spiro atoms. The summed E-state index contributed by atoms with van der Waals surface area (Å²) < 4.78 is 5.02. The highest BCUT2D eigenvalue weighted by Crippen LogP contribution is 2.19. The van der Waals surface area contributed by atoms with Gasteiger partial charge in [0.15, 0.2) is 0 Å². The number of aryl methyl sites for hydroxylation is 1. The maximum atomic E-state index is 11.8. The third-order valence-corrected chi connectivity index (χ3v) is 3.30. The van der Waals surface area contributed by atoms with Gasteiger partial charge in [-0.1, -0.05) is 41.9 Å². The second-order valence-corrected chi connectivity index (χ2v) is 5.36. The van der Waals surface area contributed by atoms with Crippen LogP contribution in [-0.2, 0) is 16.1 Å². The van der Waals surface area contributed by atoms with E-state index >= 15 is 0 Å². The molecule has 2 aromatic rings. The van der Waals surface area contributed by atoms with Crippen LogP contribution in [0.3, 0.4) is 0 Å². The number of anilines is 1. The predicted molar refractivity (Wildman–Crippen MR) is 89.4 cm³/mol. The van der Waals surface area contributed by atoms with Crippen LogP contribution in [0.5, 0.6) is 0 Å². The summed E-state index contributed by atoms with van der Waals surface area (Å²) in [4.78, 5) is 23.4. The number of carbonyl (C=O) groups is 2. The largest absolute Gasteiger partial charge is 0.445 e. The minimum atomic E-state index is -0.642. The molecule has 0 atom stereocenters. The van der Waals surface area contributed by atoms with Crippen LogP contribution in [0.2, 0.25) is 5.02 Å². The molecular formula is C17H17ClN2O3. The summed E-state index contributed by atoms with van der Waals surface area (Å²) in [5, 5.41) is 5.70. The Morgan fingerprint density at radius 1 is 1.13 bits per heavy atom. The van der Waals surface area contributed by atoms with Crippen molar-refractivity contribution in [1.29, 1.82) is 0 Å². The molecule has 0 aliphatic heterocycles. The first kappa shape index (κ1) is 16.8. The van der Waals surface area contributed by atoms with Gasteiger partial charge in [-0.05, 0) is 36.2 Å². The third kappa shape index (κ3) is 5.64. The van der Waals surface area contributed by atoms with Gasteiger partial charge >= 0.3 is 6.09 Å². The average Bonchev–Trinajstić information content (AvgIpc) is 2.54. The molecule has 23 heavy (non-hydrogen) atoms. The van der Waals surface area contributed by atoms with E-state index < -0.39 is 6.09 Å². The summed E-state index contributed by atoms with van der Waals surface area (Å²) in [6, 6.07) is 14.4. The molecule has 0 bridgehead atoms. The van der Waals surface area contributed by atoms with Crippen LogP contribution in [-0.4, -0.2) is 18.5 Å². The summed E-state index contributed by atoms with van der Waals surface area (Å²) in [5.41, 5.74) is 2.38. The average molecular weight is 333 g/mol. The number of carbonyl (C=O) groups excluding carboxylic acids is 2. The number of amides is 2. The summed E-state index contributed by atoms with van der Waals surface area (Å²) in [6.07, 6.45) is -0.642. The molecule has 0 heterocycles. The third-order valence-electron chi connectivity index (χ3n) is 3.07. The van der Waals surface area contributed by atoms with Crippen molar-refractivity contribution in [3.05, 3.63) is 64.7 Å². The van der Waals surface area contributed by atoms with Gasteiger partial charge < -0.3 is 15.4 Å². The number of benzene rings is 2. The fraction of sp³-hybridized carbons (Fsp3) is 0.176. The quantitative estimate of drug-likeness (QED) is 0.880. The molecule has 2 N–H and O–H groups in total. The maximum absolute atomic E-state index is 11.8. The van der Waals surface area contributed by atoms with E-state index in [9.17, 15) is 9.59 Å². The Kier molecular flexibility index (Phi) is 6.00. The minimum absolute atomic E-state index is 0.157. The lowest BCUT2D eigenvalue weighted by Crippen LogP contribution is -2.33. The number of rotatable bonds is 5. The zero-order valence-corrected chi connectivity index (χ0v) is 13.4. The number of ether oxygens (including phenoxy) is 1. The molecule has 120 valence electrons. The second kappa shape index (κ2) is 8.19. The molecule has 5 nitrogen and oxygen atoms in total. The van der Waals surface area contributed by atoms with E-state index in [0.29, 0.717) is 10.7 Å². The van der Waals surface area contributed by atoms with Crippen molar-refractivity contribution in [2.24, 2.45) is 0 Å². The summed E-state index contributed by atoms with van der Waals surface area (Å²) >= 11 is 5.86. The van der Waals surface area contributed by atoms with Crippen molar-refractivity contribution < 1.29 is 14.3 Å². The molecule has 0 saturated heterocycles. The number of hydrogen-bond donors (Lipinski definition) is 2. The standard InChI is InChI=1S/C17H17ClN2O3/c1-12-9-14(18)7-8-15(12)20-16(21)10-19-17(22)23-11-13-5-3-2-4-6-13/h2-9H,10-11H2,1H3,(H,19,22)(H,20,21). The molecule has 6 heteroatoms. The first-order chi connectivity index (χ1) is 11.0. The number of nitrogens with one attached hydrogen (secondary N) is 2. The number of alkyl carbamates (subject to hydrolysis) is 1. The Labute approximate surface area is 139 Å². The normalized spacial score (nSPS) is 10.0. The molecule has 2 rings (SSSR count). The van der Waals surface area contributed by atoms with Crippen molar-refractivity contribution in [3.8, 4) is 0 Å². The smallest absolute Gasteiger partial charge is 0.407 e. The fourth-order valence-electron chi connectivity index (χ4n) is 1.89. The van der Waals surface area contributed by atoms with E-state index in [1.807, 2.05) is 37.3 Å². The molecule has 0 unspecified atom stereocenters. The second-order valence-electron chi connectivity index (χ2n) is 4.92. The maximum Gasteiger partial charge on any atom is 0.407 e. The van der Waals surface area contributed by atoms with Gasteiger partial charge in [0.25, 0.3) is 0 Å². The van der Waals surface area contributed by atoms with Gasteiger partial charge in [0.1, 0.15) is 13.2 Å². The van der Waals surface area contributed by atoms with E-state index in [-0.39, 0.29) is 19.1 Å². The SMILES string of the molecule is Cc1cc(Cl)ccc1NC(=O)CNC(=O)OCc1ccccc1. The minimum Gasteiger partial charge on any atom is -0.445 e. The summed E-state index contributed by atoms with van der Waals surface area (Å²) in [5.74, 6) is -0.341. The summed E-state index contributed by atoms with van der Waals surface area (Å²) in [7, 11) is 0. The van der Waals surface area contributed by atoms with Crippen molar-refractivity contribution in [3.63, 3.8) is 0 Å². The van der Waals surface area contributed by atoms with Crippen LogP contribution in [0.25, 0.3) is 0 Å². The van der Waals surface area contributed by atoms with Crippen molar-refractivity contribution >= 4 is 29.3 Å². The van der Waals surface area contributed by atoms with Gasteiger partial charge in [-0.25, -0.2) is 4.79 Å². The zero-order valence-electron chi connectivity index (χ0n) is 12.6. The van der Waals surface area contributed by atoms with E-state index in [0.717, 1.165) is 11.1 Å². The summed E-state index contributed by atoms with van der Waals surface area (Å²) in [6.45, 7) is 1.82. The Hall–Kier alpha value is -2.53. The Morgan fingerprint density at radius 3 is 2.57 bits per heavy atom. The lowest BCUT2D eigenvalue weighted by Gasteiger charge is -2.10.